The first-order chi connectivity index (χ1) is 12.5. The van der Waals surface area contributed by atoms with Gasteiger partial charge in [-0.2, -0.15) is 5.26 Å². The Labute approximate surface area is 161 Å². The van der Waals surface area contributed by atoms with Crippen molar-refractivity contribution in [3.05, 3.63) is 56.7 Å². The number of nitrogen functional groups attached to an aromatic ring is 1. The van der Waals surface area contributed by atoms with Gasteiger partial charge in [-0.25, -0.2) is 0 Å². The Morgan fingerprint density at radius 2 is 2.15 bits per heavy atom. The molecule has 0 aliphatic carbocycles. The summed E-state index contributed by atoms with van der Waals surface area (Å²) >= 11 is 7.45. The largest absolute Gasteiger partial charge is 0.398 e. The first-order valence-electron chi connectivity index (χ1n) is 8.25. The van der Waals surface area contributed by atoms with Gasteiger partial charge < -0.3 is 10.6 Å². The number of hydrogen-bond acceptors (Lipinski definition) is 5. The van der Waals surface area contributed by atoms with Gasteiger partial charge in [-0.15, -0.1) is 11.3 Å². The third kappa shape index (κ3) is 4.64. The van der Waals surface area contributed by atoms with Crippen LogP contribution in [0.1, 0.15) is 16.0 Å². The maximum Gasteiger partial charge on any atom is 0.237 e. The number of nitriles is 1. The molecule has 2 heterocycles. The zero-order chi connectivity index (χ0) is 18.5. The second kappa shape index (κ2) is 8.37. The molecule has 2 aromatic rings. The van der Waals surface area contributed by atoms with E-state index in [1.807, 2.05) is 35.2 Å². The maximum absolute atomic E-state index is 12.4. The average molecular weight is 387 g/mol. The van der Waals surface area contributed by atoms with Gasteiger partial charge in [0, 0.05) is 36.7 Å². The van der Waals surface area contributed by atoms with Gasteiger partial charge in [0.05, 0.1) is 16.4 Å². The number of rotatable bonds is 5. The van der Waals surface area contributed by atoms with Gasteiger partial charge in [-0.3, -0.25) is 9.69 Å². The van der Waals surface area contributed by atoms with Crippen LogP contribution in [0.2, 0.25) is 4.34 Å². The number of carbonyl (C=O) groups is 1. The molecule has 1 aliphatic rings. The summed E-state index contributed by atoms with van der Waals surface area (Å²) in [7, 11) is 0. The highest BCUT2D eigenvalue weighted by atomic mass is 35.5. The molecule has 3 rings (SSSR count). The summed E-state index contributed by atoms with van der Waals surface area (Å²) in [5.41, 5.74) is 7.71. The van der Waals surface area contributed by atoms with Gasteiger partial charge in [0.15, 0.2) is 0 Å². The topological polar surface area (TPSA) is 73.4 Å². The maximum atomic E-state index is 12.4. The first kappa shape index (κ1) is 18.5. The van der Waals surface area contributed by atoms with Gasteiger partial charge in [-0.1, -0.05) is 23.7 Å². The van der Waals surface area contributed by atoms with Crippen LogP contribution in [-0.2, 0) is 11.3 Å². The summed E-state index contributed by atoms with van der Waals surface area (Å²) in [5, 5.41) is 8.94. The lowest BCUT2D eigenvalue weighted by atomic mass is 10.1. The van der Waals surface area contributed by atoms with Crippen LogP contribution in [0.25, 0.3) is 6.08 Å². The van der Waals surface area contributed by atoms with Crippen molar-refractivity contribution in [2.24, 2.45) is 0 Å². The minimum atomic E-state index is 0.103. The van der Waals surface area contributed by atoms with Crippen LogP contribution in [-0.4, -0.2) is 41.9 Å². The quantitative estimate of drug-likeness (QED) is 0.801. The zero-order valence-corrected chi connectivity index (χ0v) is 15.8. The molecule has 1 amide bonds. The van der Waals surface area contributed by atoms with Crippen LogP contribution in [0.4, 0.5) is 5.69 Å². The molecule has 7 heteroatoms. The molecule has 26 heavy (non-hydrogen) atoms. The Hall–Kier alpha value is -2.33. The number of thiophene rings is 1. The highest BCUT2D eigenvalue weighted by Gasteiger charge is 2.23. The van der Waals surface area contributed by atoms with E-state index in [4.69, 9.17) is 22.6 Å². The Morgan fingerprint density at radius 3 is 2.81 bits per heavy atom. The fraction of sp³-hybridized carbons (Fsp3) is 0.263. The Balaban J connectivity index is 1.52. The first-order valence-corrected chi connectivity index (χ1v) is 9.45. The molecule has 2 N–H and O–H groups in total. The van der Waals surface area contributed by atoms with Crippen molar-refractivity contribution < 1.29 is 4.79 Å². The van der Waals surface area contributed by atoms with Crippen LogP contribution in [0, 0.1) is 11.3 Å². The molecule has 0 spiro atoms. The molecule has 0 bridgehead atoms. The van der Waals surface area contributed by atoms with Gasteiger partial charge in [0.1, 0.15) is 6.07 Å². The molecule has 1 aromatic carbocycles. The lowest BCUT2D eigenvalue weighted by Gasteiger charge is -2.33. The number of piperazine rings is 1. The Bertz CT molecular complexity index is 871. The molecule has 1 saturated heterocycles. The van der Waals surface area contributed by atoms with Crippen LogP contribution in [0.15, 0.2) is 36.4 Å². The summed E-state index contributed by atoms with van der Waals surface area (Å²) in [5.74, 6) is 0.103. The Kier molecular flexibility index (Phi) is 5.94. The van der Waals surface area contributed by atoms with E-state index in [1.54, 1.807) is 12.1 Å². The Morgan fingerprint density at radius 1 is 1.31 bits per heavy atom. The van der Waals surface area contributed by atoms with Crippen molar-refractivity contribution >= 4 is 40.6 Å². The second-order valence-electron chi connectivity index (χ2n) is 6.13. The van der Waals surface area contributed by atoms with E-state index < -0.39 is 0 Å². The normalized spacial score (nSPS) is 15.5. The van der Waals surface area contributed by atoms with E-state index in [0.717, 1.165) is 27.9 Å². The lowest BCUT2D eigenvalue weighted by Crippen LogP contribution is -2.49. The molecule has 134 valence electrons. The van der Waals surface area contributed by atoms with Crippen molar-refractivity contribution in [3.8, 4) is 6.07 Å². The minimum absolute atomic E-state index is 0.103. The van der Waals surface area contributed by atoms with Gasteiger partial charge in [0.2, 0.25) is 5.91 Å². The average Bonchev–Trinajstić information content (AvgIpc) is 3.03. The van der Waals surface area contributed by atoms with E-state index in [9.17, 15) is 4.79 Å². The number of carbonyl (C=O) groups excluding carboxylic acids is 1. The summed E-state index contributed by atoms with van der Waals surface area (Å²) in [4.78, 5) is 17.5. The summed E-state index contributed by atoms with van der Waals surface area (Å²) in [6.07, 6.45) is 4.10. The molecular formula is C19H19ClN4OS. The molecule has 0 saturated carbocycles. The van der Waals surface area contributed by atoms with Crippen LogP contribution in [0.5, 0.6) is 0 Å². The molecular weight excluding hydrogens is 368 g/mol. The van der Waals surface area contributed by atoms with Gasteiger partial charge in [-0.05, 0) is 35.9 Å². The van der Waals surface area contributed by atoms with Gasteiger partial charge in [0.25, 0.3) is 0 Å². The van der Waals surface area contributed by atoms with Gasteiger partial charge >= 0.3 is 0 Å². The van der Waals surface area contributed by atoms with E-state index >= 15 is 0 Å². The van der Waals surface area contributed by atoms with Crippen molar-refractivity contribution in [3.63, 3.8) is 0 Å². The fourth-order valence-electron chi connectivity index (χ4n) is 2.85. The molecule has 0 atom stereocenters. The van der Waals surface area contributed by atoms with Crippen LogP contribution in [0.3, 0.4) is 0 Å². The minimum Gasteiger partial charge on any atom is -0.398 e. The van der Waals surface area contributed by atoms with Crippen LogP contribution >= 0.6 is 22.9 Å². The third-order valence-corrected chi connectivity index (χ3v) is 5.44. The predicted molar refractivity (Wildman–Crippen MR) is 106 cm³/mol. The highest BCUT2D eigenvalue weighted by molar-refractivity contribution is 7.16. The number of hydrogen-bond donors (Lipinski definition) is 1. The standard InChI is InChI=1S/C19H19ClN4OS/c20-18-6-5-16(26-18)2-1-7-23-8-9-24(19(25)13-23)12-14-3-4-15(11-21)17(22)10-14/h1-6,10H,7-9,12-13,22H2/b2-1+. The third-order valence-electron chi connectivity index (χ3n) is 4.25. The lowest BCUT2D eigenvalue weighted by molar-refractivity contribution is -0.136. The highest BCUT2D eigenvalue weighted by Crippen LogP contribution is 2.22. The molecule has 0 radical (unpaired) electrons. The van der Waals surface area contributed by atoms with Crippen LogP contribution < -0.4 is 5.73 Å². The zero-order valence-electron chi connectivity index (χ0n) is 14.2. The summed E-state index contributed by atoms with van der Waals surface area (Å²) < 4.78 is 0.775. The smallest absolute Gasteiger partial charge is 0.237 e. The van der Waals surface area contributed by atoms with E-state index in [-0.39, 0.29) is 5.91 Å². The van der Waals surface area contributed by atoms with Crippen molar-refractivity contribution in [2.45, 2.75) is 6.54 Å². The molecule has 5 nitrogen and oxygen atoms in total. The molecule has 0 unspecified atom stereocenters. The fourth-order valence-corrected chi connectivity index (χ4v) is 3.84. The summed E-state index contributed by atoms with van der Waals surface area (Å²) in [6.45, 7) is 3.16. The van der Waals surface area contributed by atoms with Crippen molar-refractivity contribution in [1.29, 1.82) is 5.26 Å². The van der Waals surface area contributed by atoms with E-state index in [1.165, 1.54) is 11.3 Å². The number of nitrogens with zero attached hydrogens (tertiary/aromatic N) is 3. The monoisotopic (exact) mass is 386 g/mol. The predicted octanol–water partition coefficient (Wildman–Crippen LogP) is 3.21. The number of nitrogens with two attached hydrogens (primary N) is 1. The van der Waals surface area contributed by atoms with Crippen molar-refractivity contribution in [1.82, 2.24) is 9.80 Å². The van der Waals surface area contributed by atoms with E-state index in [2.05, 4.69) is 11.0 Å². The molecule has 1 fully saturated rings. The number of anilines is 1. The SMILES string of the molecule is N#Cc1ccc(CN2CCN(C/C=C/c3ccc(Cl)s3)CC2=O)cc1N. The number of amides is 1. The van der Waals surface area contributed by atoms with Crippen molar-refractivity contribution in [2.75, 3.05) is 31.9 Å². The molecule has 1 aromatic heterocycles. The molecule has 1 aliphatic heterocycles. The summed E-state index contributed by atoms with van der Waals surface area (Å²) in [6, 6.07) is 11.2. The van der Waals surface area contributed by atoms with E-state index in [0.29, 0.717) is 30.9 Å². The second-order valence-corrected chi connectivity index (χ2v) is 7.87. The number of benzene rings is 1. The number of halogens is 1.